The highest BCUT2D eigenvalue weighted by Gasteiger charge is 2.40. The maximum Gasteiger partial charge on any atom is 0.335 e. The van der Waals surface area contributed by atoms with Crippen LogP contribution in [0.25, 0.3) is 22.2 Å². The number of fused-ring (bicyclic) bond motifs is 7. The second-order valence-corrected chi connectivity index (χ2v) is 10.1. The first kappa shape index (κ1) is 20.9. The van der Waals surface area contributed by atoms with E-state index in [1.54, 1.807) is 6.07 Å². The van der Waals surface area contributed by atoms with Crippen LogP contribution < -0.4 is 0 Å². The van der Waals surface area contributed by atoms with Gasteiger partial charge in [-0.15, -0.1) is 0 Å². The molecule has 3 aliphatic rings. The SMILES string of the molecule is O=C(O)c1ccc2c(C3CCCCC3)c3n(c2c1)CC1CCN(CCO)C1c1ccccc1-3. The molecule has 5 heteroatoms. The Bertz CT molecular complexity index is 1210. The highest BCUT2D eigenvalue weighted by Crippen LogP contribution is 2.51. The molecule has 2 aromatic carbocycles. The zero-order valence-corrected chi connectivity index (χ0v) is 19.0. The van der Waals surface area contributed by atoms with Crippen LogP contribution in [-0.4, -0.2) is 45.3 Å². The van der Waals surface area contributed by atoms with Crippen molar-refractivity contribution >= 4 is 16.9 Å². The normalized spacial score (nSPS) is 23.2. The van der Waals surface area contributed by atoms with Gasteiger partial charge in [0.05, 0.1) is 17.9 Å². The third kappa shape index (κ3) is 3.32. The number of aromatic carboxylic acids is 1. The van der Waals surface area contributed by atoms with Gasteiger partial charge in [0.15, 0.2) is 0 Å². The van der Waals surface area contributed by atoms with Crippen LogP contribution in [0.3, 0.4) is 0 Å². The maximum atomic E-state index is 11.8. The number of aromatic nitrogens is 1. The Kier molecular flexibility index (Phi) is 5.27. The van der Waals surface area contributed by atoms with Crippen molar-refractivity contribution in [2.45, 2.75) is 57.0 Å². The van der Waals surface area contributed by atoms with Gasteiger partial charge in [-0.3, -0.25) is 4.90 Å². The smallest absolute Gasteiger partial charge is 0.335 e. The third-order valence-electron chi connectivity index (χ3n) is 8.33. The Morgan fingerprint density at radius 2 is 1.85 bits per heavy atom. The van der Waals surface area contributed by atoms with Gasteiger partial charge in [0.25, 0.3) is 0 Å². The summed E-state index contributed by atoms with van der Waals surface area (Å²) in [6, 6.07) is 14.9. The largest absolute Gasteiger partial charge is 0.478 e. The first-order valence-electron chi connectivity index (χ1n) is 12.5. The number of aliphatic hydroxyl groups is 1. The van der Waals surface area contributed by atoms with Crippen molar-refractivity contribution in [3.05, 3.63) is 59.2 Å². The summed E-state index contributed by atoms with van der Waals surface area (Å²) in [5.41, 5.74) is 6.84. The van der Waals surface area contributed by atoms with Crippen molar-refractivity contribution in [2.24, 2.45) is 5.92 Å². The highest BCUT2D eigenvalue weighted by atomic mass is 16.4. The minimum absolute atomic E-state index is 0.177. The van der Waals surface area contributed by atoms with Gasteiger partial charge in [-0.2, -0.15) is 0 Å². The summed E-state index contributed by atoms with van der Waals surface area (Å²) < 4.78 is 2.46. The molecule has 2 fully saturated rings. The predicted molar refractivity (Wildman–Crippen MR) is 130 cm³/mol. The second-order valence-electron chi connectivity index (χ2n) is 10.1. The number of benzene rings is 2. The third-order valence-corrected chi connectivity index (χ3v) is 8.33. The second kappa shape index (κ2) is 8.30. The van der Waals surface area contributed by atoms with Crippen LogP contribution in [0.1, 0.15) is 72.0 Å². The number of hydrogen-bond donors (Lipinski definition) is 2. The molecule has 1 saturated carbocycles. The van der Waals surface area contributed by atoms with E-state index in [0.717, 1.165) is 25.0 Å². The Balaban J connectivity index is 1.63. The molecule has 3 aromatic rings. The number of carboxylic acid groups (broad SMARTS) is 1. The highest BCUT2D eigenvalue weighted by molar-refractivity contribution is 5.98. The molecule has 0 radical (unpaired) electrons. The molecule has 2 atom stereocenters. The van der Waals surface area contributed by atoms with Gasteiger partial charge < -0.3 is 14.8 Å². The van der Waals surface area contributed by atoms with Gasteiger partial charge in [-0.1, -0.05) is 49.6 Å². The molecule has 172 valence electrons. The molecular weight excluding hydrogens is 412 g/mol. The van der Waals surface area contributed by atoms with Crippen LogP contribution >= 0.6 is 0 Å². The van der Waals surface area contributed by atoms with Gasteiger partial charge in [-0.25, -0.2) is 4.79 Å². The number of likely N-dealkylation sites (tertiary alicyclic amines) is 1. The van der Waals surface area contributed by atoms with Crippen LogP contribution in [0, 0.1) is 5.92 Å². The lowest BCUT2D eigenvalue weighted by Gasteiger charge is -2.28. The van der Waals surface area contributed by atoms with E-state index in [9.17, 15) is 15.0 Å². The summed E-state index contributed by atoms with van der Waals surface area (Å²) >= 11 is 0. The van der Waals surface area contributed by atoms with Crippen molar-refractivity contribution in [1.82, 2.24) is 9.47 Å². The van der Waals surface area contributed by atoms with Gasteiger partial charge >= 0.3 is 5.97 Å². The molecule has 3 heterocycles. The van der Waals surface area contributed by atoms with E-state index in [1.165, 1.54) is 59.9 Å². The number of β-amino-alcohol motifs (C(OH)–C–C–N with tert-alkyl or cyclic N) is 1. The zero-order chi connectivity index (χ0) is 22.5. The molecule has 0 amide bonds. The van der Waals surface area contributed by atoms with E-state index in [4.69, 9.17) is 0 Å². The van der Waals surface area contributed by atoms with Gasteiger partial charge in [0.1, 0.15) is 0 Å². The number of nitrogens with zero attached hydrogens (tertiary/aromatic N) is 2. The van der Waals surface area contributed by atoms with Crippen LogP contribution in [0.5, 0.6) is 0 Å². The van der Waals surface area contributed by atoms with E-state index >= 15 is 0 Å². The maximum absolute atomic E-state index is 11.8. The fourth-order valence-electron chi connectivity index (χ4n) is 6.95. The van der Waals surface area contributed by atoms with E-state index in [1.807, 2.05) is 6.07 Å². The molecule has 2 unspecified atom stereocenters. The summed E-state index contributed by atoms with van der Waals surface area (Å²) in [4.78, 5) is 14.3. The number of carboxylic acids is 1. The molecule has 0 spiro atoms. The number of hydrogen-bond acceptors (Lipinski definition) is 3. The molecule has 0 bridgehead atoms. The Hall–Kier alpha value is -2.63. The fraction of sp³-hybridized carbons (Fsp3) is 0.464. The number of rotatable bonds is 4. The van der Waals surface area contributed by atoms with Gasteiger partial charge in [0.2, 0.25) is 0 Å². The van der Waals surface area contributed by atoms with Crippen molar-refractivity contribution in [3.63, 3.8) is 0 Å². The van der Waals surface area contributed by atoms with Crippen molar-refractivity contribution < 1.29 is 15.0 Å². The summed E-state index contributed by atoms with van der Waals surface area (Å²) in [6.07, 6.45) is 7.35. The van der Waals surface area contributed by atoms with E-state index in [2.05, 4.69) is 39.8 Å². The molecule has 2 N–H and O–H groups in total. The lowest BCUT2D eigenvalue weighted by Crippen LogP contribution is -2.29. The summed E-state index contributed by atoms with van der Waals surface area (Å²) in [6.45, 7) is 2.76. The monoisotopic (exact) mass is 444 g/mol. The Morgan fingerprint density at radius 1 is 1.03 bits per heavy atom. The Labute approximate surface area is 194 Å². The van der Waals surface area contributed by atoms with Crippen LogP contribution in [0.15, 0.2) is 42.5 Å². The summed E-state index contributed by atoms with van der Waals surface area (Å²) in [5.74, 6) is 0.100. The molecule has 33 heavy (non-hydrogen) atoms. The number of carbonyl (C=O) groups is 1. The molecule has 5 nitrogen and oxygen atoms in total. The fourth-order valence-corrected chi connectivity index (χ4v) is 6.95. The van der Waals surface area contributed by atoms with Crippen LogP contribution in [-0.2, 0) is 6.54 Å². The van der Waals surface area contributed by atoms with E-state index < -0.39 is 5.97 Å². The lowest BCUT2D eigenvalue weighted by molar-refractivity contribution is 0.0697. The molecule has 1 aromatic heterocycles. The average molecular weight is 445 g/mol. The van der Waals surface area contributed by atoms with Crippen LogP contribution in [0.4, 0.5) is 0 Å². The predicted octanol–water partition coefficient (Wildman–Crippen LogP) is 5.42. The van der Waals surface area contributed by atoms with Gasteiger partial charge in [-0.05, 0) is 60.9 Å². The Morgan fingerprint density at radius 3 is 2.64 bits per heavy atom. The van der Waals surface area contributed by atoms with E-state index in [-0.39, 0.29) is 6.61 Å². The van der Waals surface area contributed by atoms with Crippen molar-refractivity contribution in [2.75, 3.05) is 19.7 Å². The standard InChI is InChI=1S/C28H32N2O3/c31-15-14-29-13-12-20-17-30-24-16-19(28(32)33)10-11-23(24)25(18-6-2-1-3-7-18)27(30)22-9-5-4-8-21(22)26(20)29/h4-5,8-11,16,18,20,26,31H,1-3,6-7,12-15,17H2,(H,32,33). The molecule has 6 rings (SSSR count). The summed E-state index contributed by atoms with van der Waals surface area (Å²) in [7, 11) is 0. The van der Waals surface area contributed by atoms with Gasteiger partial charge in [0, 0.05) is 35.6 Å². The minimum Gasteiger partial charge on any atom is -0.478 e. The zero-order valence-electron chi connectivity index (χ0n) is 19.0. The van der Waals surface area contributed by atoms with Crippen molar-refractivity contribution in [3.8, 4) is 11.3 Å². The minimum atomic E-state index is -0.867. The molecule has 1 aliphatic carbocycles. The quantitative estimate of drug-likeness (QED) is 0.564. The number of aliphatic hydroxyl groups excluding tert-OH is 1. The van der Waals surface area contributed by atoms with E-state index in [0.29, 0.717) is 30.0 Å². The first-order chi connectivity index (χ1) is 16.2. The lowest BCUT2D eigenvalue weighted by atomic mass is 9.81. The van der Waals surface area contributed by atoms with Crippen molar-refractivity contribution in [1.29, 1.82) is 0 Å². The molecule has 2 aliphatic heterocycles. The van der Waals surface area contributed by atoms with Crippen LogP contribution in [0.2, 0.25) is 0 Å². The first-order valence-corrected chi connectivity index (χ1v) is 12.5. The topological polar surface area (TPSA) is 65.7 Å². The molecular formula is C28H32N2O3. The average Bonchev–Trinajstić information content (AvgIpc) is 3.34. The summed E-state index contributed by atoms with van der Waals surface area (Å²) in [5, 5.41) is 20.7. The molecule has 1 saturated heterocycles.